The average Bonchev–Trinajstić information content (AvgIpc) is 2.88. The fourth-order valence-corrected chi connectivity index (χ4v) is 1.38. The molecule has 1 heterocycles. The summed E-state index contributed by atoms with van der Waals surface area (Å²) in [6.07, 6.45) is 6.98. The topological polar surface area (TPSA) is 22.4 Å². The van der Waals surface area contributed by atoms with E-state index in [1.54, 1.807) is 25.7 Å². The normalized spacial score (nSPS) is 9.94. The summed E-state index contributed by atoms with van der Waals surface area (Å²) in [5, 5.41) is 0. The zero-order valence-corrected chi connectivity index (χ0v) is 9.51. The predicted octanol–water partition coefficient (Wildman–Crippen LogP) is 3.35. The van der Waals surface area contributed by atoms with Crippen molar-refractivity contribution in [2.24, 2.45) is 0 Å². The summed E-state index contributed by atoms with van der Waals surface area (Å²) in [5.74, 6) is 6.79. The van der Waals surface area contributed by atoms with E-state index in [-0.39, 0.29) is 0 Å². The van der Waals surface area contributed by atoms with Gasteiger partial charge in [0.05, 0.1) is 25.2 Å². The van der Waals surface area contributed by atoms with E-state index in [2.05, 4.69) is 11.8 Å². The number of benzene rings is 1. The molecule has 2 aromatic rings. The van der Waals surface area contributed by atoms with E-state index >= 15 is 0 Å². The van der Waals surface area contributed by atoms with Crippen LogP contribution < -0.4 is 4.74 Å². The first-order chi connectivity index (χ1) is 8.40. The van der Waals surface area contributed by atoms with Gasteiger partial charge in [0.1, 0.15) is 5.75 Å². The van der Waals surface area contributed by atoms with Crippen molar-refractivity contribution in [1.82, 2.24) is 0 Å². The average molecular weight is 224 g/mol. The minimum absolute atomic E-state index is 0.789. The quantitative estimate of drug-likeness (QED) is 0.730. The van der Waals surface area contributed by atoms with Crippen molar-refractivity contribution in [3.63, 3.8) is 0 Å². The third-order valence-electron chi connectivity index (χ3n) is 2.22. The number of ether oxygens (including phenoxy) is 1. The van der Waals surface area contributed by atoms with E-state index in [9.17, 15) is 0 Å². The highest BCUT2D eigenvalue weighted by atomic mass is 16.5. The van der Waals surface area contributed by atoms with Crippen molar-refractivity contribution in [2.75, 3.05) is 7.11 Å². The van der Waals surface area contributed by atoms with Crippen LogP contribution in [-0.2, 0) is 0 Å². The lowest BCUT2D eigenvalue weighted by atomic mass is 10.2. The second-order valence-corrected chi connectivity index (χ2v) is 3.36. The Bertz CT molecular complexity index is 554. The van der Waals surface area contributed by atoms with Crippen molar-refractivity contribution < 1.29 is 9.15 Å². The summed E-state index contributed by atoms with van der Waals surface area (Å²) in [5.41, 5.74) is 1.88. The molecule has 2 rings (SSSR count). The van der Waals surface area contributed by atoms with Gasteiger partial charge in [0.15, 0.2) is 0 Å². The Hall–Kier alpha value is -2.40. The van der Waals surface area contributed by atoms with Crippen LogP contribution >= 0.6 is 0 Å². The number of methoxy groups -OCH3 is 1. The molecule has 0 radical (unpaired) electrons. The van der Waals surface area contributed by atoms with E-state index in [1.165, 1.54) is 0 Å². The largest absolute Gasteiger partial charge is 0.495 e. The van der Waals surface area contributed by atoms with Crippen molar-refractivity contribution in [2.45, 2.75) is 0 Å². The minimum Gasteiger partial charge on any atom is -0.495 e. The molecular weight excluding hydrogens is 212 g/mol. The molecule has 2 heteroatoms. The van der Waals surface area contributed by atoms with Crippen molar-refractivity contribution in [3.8, 4) is 17.6 Å². The molecule has 0 aliphatic carbocycles. The number of para-hydroxylation sites is 1. The Labute approximate surface area is 101 Å². The second kappa shape index (κ2) is 5.62. The highest BCUT2D eigenvalue weighted by molar-refractivity contribution is 5.54. The fraction of sp³-hybridized carbons (Fsp3) is 0.0667. The predicted molar refractivity (Wildman–Crippen MR) is 67.6 cm³/mol. The highest BCUT2D eigenvalue weighted by Gasteiger charge is 1.95. The first-order valence-corrected chi connectivity index (χ1v) is 5.23. The van der Waals surface area contributed by atoms with Crippen LogP contribution in [0.2, 0.25) is 0 Å². The summed E-state index contributed by atoms with van der Waals surface area (Å²) in [6, 6.07) is 9.56. The molecule has 0 fully saturated rings. The van der Waals surface area contributed by atoms with Gasteiger partial charge in [-0.05, 0) is 30.4 Å². The van der Waals surface area contributed by atoms with E-state index in [0.717, 1.165) is 16.9 Å². The SMILES string of the molecule is COc1ccccc1C#CC=Cc1ccoc1. The van der Waals surface area contributed by atoms with E-state index < -0.39 is 0 Å². The standard InChI is InChI=1S/C15H12O2/c1-16-15-9-5-4-8-14(15)7-3-2-6-13-10-11-17-12-13/h2,4-6,8-12H,1H3. The van der Waals surface area contributed by atoms with Gasteiger partial charge in [-0.15, -0.1) is 0 Å². The zero-order valence-electron chi connectivity index (χ0n) is 9.51. The van der Waals surface area contributed by atoms with Gasteiger partial charge in [-0.2, -0.15) is 0 Å². The third-order valence-corrected chi connectivity index (χ3v) is 2.22. The van der Waals surface area contributed by atoms with Crippen LogP contribution in [0.5, 0.6) is 5.75 Å². The number of allylic oxidation sites excluding steroid dienone is 1. The molecule has 0 unspecified atom stereocenters. The Morgan fingerprint density at radius 3 is 2.88 bits per heavy atom. The van der Waals surface area contributed by atoms with Crippen LogP contribution in [0.4, 0.5) is 0 Å². The summed E-state index contributed by atoms with van der Waals surface area (Å²) in [7, 11) is 1.64. The monoisotopic (exact) mass is 224 g/mol. The molecule has 17 heavy (non-hydrogen) atoms. The van der Waals surface area contributed by atoms with Gasteiger partial charge in [0.2, 0.25) is 0 Å². The van der Waals surface area contributed by atoms with Gasteiger partial charge >= 0.3 is 0 Å². The Kier molecular flexibility index (Phi) is 3.67. The molecule has 0 N–H and O–H groups in total. The highest BCUT2D eigenvalue weighted by Crippen LogP contribution is 2.15. The van der Waals surface area contributed by atoms with Crippen molar-refractivity contribution in [3.05, 3.63) is 60.1 Å². The van der Waals surface area contributed by atoms with E-state index in [1.807, 2.05) is 36.4 Å². The first kappa shape index (κ1) is 11.1. The van der Waals surface area contributed by atoms with Crippen LogP contribution in [0.3, 0.4) is 0 Å². The smallest absolute Gasteiger partial charge is 0.134 e. The third kappa shape index (κ3) is 3.02. The number of furan rings is 1. The van der Waals surface area contributed by atoms with Gasteiger partial charge in [0, 0.05) is 5.56 Å². The molecule has 2 nitrogen and oxygen atoms in total. The fourth-order valence-electron chi connectivity index (χ4n) is 1.38. The van der Waals surface area contributed by atoms with Gasteiger partial charge in [-0.1, -0.05) is 24.0 Å². The molecule has 0 amide bonds. The van der Waals surface area contributed by atoms with Gasteiger partial charge < -0.3 is 9.15 Å². The molecular formula is C15H12O2. The zero-order chi connectivity index (χ0) is 11.9. The van der Waals surface area contributed by atoms with Crippen LogP contribution in [-0.4, -0.2) is 7.11 Å². The molecule has 1 aromatic carbocycles. The molecule has 84 valence electrons. The summed E-state index contributed by atoms with van der Waals surface area (Å²) in [6.45, 7) is 0. The van der Waals surface area contributed by atoms with Crippen molar-refractivity contribution in [1.29, 1.82) is 0 Å². The molecule has 0 saturated carbocycles. The lowest BCUT2D eigenvalue weighted by Gasteiger charge is -2.00. The molecule has 0 bridgehead atoms. The summed E-state index contributed by atoms with van der Waals surface area (Å²) < 4.78 is 10.2. The Balaban J connectivity index is 2.11. The maximum atomic E-state index is 5.21. The van der Waals surface area contributed by atoms with E-state index in [4.69, 9.17) is 9.15 Å². The molecule has 0 atom stereocenters. The van der Waals surface area contributed by atoms with Gasteiger partial charge in [-0.3, -0.25) is 0 Å². The molecule has 1 aromatic heterocycles. The molecule has 0 saturated heterocycles. The first-order valence-electron chi connectivity index (χ1n) is 5.23. The summed E-state index contributed by atoms with van der Waals surface area (Å²) >= 11 is 0. The minimum atomic E-state index is 0.789. The second-order valence-electron chi connectivity index (χ2n) is 3.36. The van der Waals surface area contributed by atoms with Crippen LogP contribution in [0.25, 0.3) is 6.08 Å². The Morgan fingerprint density at radius 1 is 1.24 bits per heavy atom. The number of hydrogen-bond donors (Lipinski definition) is 0. The van der Waals surface area contributed by atoms with Gasteiger partial charge in [-0.25, -0.2) is 0 Å². The van der Waals surface area contributed by atoms with Gasteiger partial charge in [0.25, 0.3) is 0 Å². The van der Waals surface area contributed by atoms with Crippen LogP contribution in [0.1, 0.15) is 11.1 Å². The molecule has 0 aliphatic heterocycles. The molecule has 0 aliphatic rings. The number of rotatable bonds is 2. The van der Waals surface area contributed by atoms with E-state index in [0.29, 0.717) is 0 Å². The number of hydrogen-bond acceptors (Lipinski definition) is 2. The lowest BCUT2D eigenvalue weighted by Crippen LogP contribution is -1.85. The van der Waals surface area contributed by atoms with Crippen LogP contribution in [0.15, 0.2) is 53.4 Å². The summed E-state index contributed by atoms with van der Waals surface area (Å²) in [4.78, 5) is 0. The maximum Gasteiger partial charge on any atom is 0.134 e. The lowest BCUT2D eigenvalue weighted by molar-refractivity contribution is 0.413. The molecule has 0 spiro atoms. The Morgan fingerprint density at radius 2 is 2.12 bits per heavy atom. The maximum absolute atomic E-state index is 5.21. The van der Waals surface area contributed by atoms with Crippen molar-refractivity contribution >= 4 is 6.08 Å². The van der Waals surface area contributed by atoms with Crippen LogP contribution in [0, 0.1) is 11.8 Å².